The van der Waals surface area contributed by atoms with Crippen LogP contribution in [0, 0.1) is 0 Å². The molecule has 19 heavy (non-hydrogen) atoms. The highest BCUT2D eigenvalue weighted by molar-refractivity contribution is 5.90. The molecule has 0 fully saturated rings. The maximum absolute atomic E-state index is 11.9. The van der Waals surface area contributed by atoms with Gasteiger partial charge in [0.2, 0.25) is 0 Å². The number of oxime groups is 1. The molecular formula is C12H14N4O3. The Hall–Kier alpha value is -2.44. The van der Waals surface area contributed by atoms with Gasteiger partial charge in [-0.3, -0.25) is 0 Å². The van der Waals surface area contributed by atoms with Crippen LogP contribution in [0.3, 0.4) is 0 Å². The topological polar surface area (TPSA) is 89.6 Å². The minimum absolute atomic E-state index is 0.517. The number of hydrogen-bond acceptors (Lipinski definition) is 6. The Morgan fingerprint density at radius 1 is 1.47 bits per heavy atom. The number of nitrogens with zero attached hydrogens (tertiary/aromatic N) is 4. The summed E-state index contributed by atoms with van der Waals surface area (Å²) in [7, 11) is 0. The quantitative estimate of drug-likeness (QED) is 0.482. The van der Waals surface area contributed by atoms with Crippen molar-refractivity contribution in [2.24, 2.45) is 5.16 Å². The molecule has 1 aromatic heterocycles. The van der Waals surface area contributed by atoms with Crippen molar-refractivity contribution in [3.05, 3.63) is 23.8 Å². The van der Waals surface area contributed by atoms with E-state index >= 15 is 0 Å². The normalized spacial score (nSPS) is 12.2. The van der Waals surface area contributed by atoms with Crippen LogP contribution < -0.4 is 0 Å². The van der Waals surface area contributed by atoms with Crippen LogP contribution in [0.15, 0.2) is 23.4 Å². The molecule has 1 N–H and O–H groups in total. The second-order valence-corrected chi connectivity index (χ2v) is 4.97. The first kappa shape index (κ1) is 13.0. The highest BCUT2D eigenvalue weighted by Gasteiger charge is 2.20. The summed E-state index contributed by atoms with van der Waals surface area (Å²) < 4.78 is 6.32. The van der Waals surface area contributed by atoms with Crippen LogP contribution in [0.5, 0.6) is 0 Å². The Bertz CT molecular complexity index is 640. The van der Waals surface area contributed by atoms with Crippen molar-refractivity contribution >= 4 is 23.3 Å². The SMILES string of the molecule is CC(C)(C)OC(=O)n1nnc2cc(/C=N/O)ccc21. The van der Waals surface area contributed by atoms with Gasteiger partial charge in [-0.25, -0.2) is 4.79 Å². The minimum Gasteiger partial charge on any atom is -0.442 e. The van der Waals surface area contributed by atoms with Crippen LogP contribution in [0.4, 0.5) is 4.79 Å². The number of hydrogen-bond donors (Lipinski definition) is 1. The van der Waals surface area contributed by atoms with Gasteiger partial charge in [0.25, 0.3) is 0 Å². The number of aromatic nitrogens is 3. The van der Waals surface area contributed by atoms with Crippen molar-refractivity contribution in [1.29, 1.82) is 0 Å². The number of ether oxygens (including phenoxy) is 1. The molecule has 0 radical (unpaired) electrons. The fraction of sp³-hybridized carbons (Fsp3) is 0.333. The van der Waals surface area contributed by atoms with Gasteiger partial charge in [0.05, 0.1) is 6.21 Å². The smallest absolute Gasteiger partial charge is 0.437 e. The lowest BCUT2D eigenvalue weighted by molar-refractivity contribution is 0.0519. The standard InChI is InChI=1S/C12H14N4O3/c1-12(2,3)19-11(17)16-10-5-4-8(7-13-18)6-9(10)14-15-16/h4-7,18H,1-3H3/b13-7+. The van der Waals surface area contributed by atoms with E-state index in [4.69, 9.17) is 9.94 Å². The van der Waals surface area contributed by atoms with E-state index in [0.29, 0.717) is 16.6 Å². The first-order chi connectivity index (χ1) is 8.90. The zero-order valence-corrected chi connectivity index (χ0v) is 10.9. The Morgan fingerprint density at radius 3 is 2.84 bits per heavy atom. The predicted molar refractivity (Wildman–Crippen MR) is 68.5 cm³/mol. The maximum Gasteiger partial charge on any atom is 0.437 e. The molecule has 7 nitrogen and oxygen atoms in total. The third-order valence-corrected chi connectivity index (χ3v) is 2.24. The van der Waals surface area contributed by atoms with Gasteiger partial charge in [0.15, 0.2) is 0 Å². The fourth-order valence-electron chi connectivity index (χ4n) is 1.53. The van der Waals surface area contributed by atoms with Crippen molar-refractivity contribution in [2.45, 2.75) is 26.4 Å². The molecule has 1 aromatic carbocycles. The van der Waals surface area contributed by atoms with Crippen molar-refractivity contribution in [2.75, 3.05) is 0 Å². The molecule has 2 aromatic rings. The van der Waals surface area contributed by atoms with E-state index in [2.05, 4.69) is 15.5 Å². The monoisotopic (exact) mass is 262 g/mol. The first-order valence-corrected chi connectivity index (χ1v) is 5.67. The number of benzene rings is 1. The van der Waals surface area contributed by atoms with E-state index in [1.54, 1.807) is 39.0 Å². The Balaban J connectivity index is 2.38. The summed E-state index contributed by atoms with van der Waals surface area (Å²) in [6.07, 6.45) is 0.685. The van der Waals surface area contributed by atoms with Crippen LogP contribution >= 0.6 is 0 Å². The van der Waals surface area contributed by atoms with Crippen LogP contribution in [0.2, 0.25) is 0 Å². The van der Waals surface area contributed by atoms with Crippen molar-refractivity contribution in [3.63, 3.8) is 0 Å². The summed E-state index contributed by atoms with van der Waals surface area (Å²) in [5, 5.41) is 19.0. The lowest BCUT2D eigenvalue weighted by Gasteiger charge is -2.18. The van der Waals surface area contributed by atoms with E-state index in [-0.39, 0.29) is 0 Å². The molecule has 0 aliphatic carbocycles. The van der Waals surface area contributed by atoms with E-state index in [1.807, 2.05) is 0 Å². The zero-order valence-electron chi connectivity index (χ0n) is 10.9. The van der Waals surface area contributed by atoms with Gasteiger partial charge >= 0.3 is 6.09 Å². The molecule has 0 spiro atoms. The summed E-state index contributed by atoms with van der Waals surface area (Å²) in [6, 6.07) is 5.01. The van der Waals surface area contributed by atoms with Crippen LogP contribution in [-0.2, 0) is 4.74 Å². The number of carbonyl (C=O) groups excluding carboxylic acids is 1. The fourth-order valence-corrected chi connectivity index (χ4v) is 1.53. The van der Waals surface area contributed by atoms with Crippen LogP contribution in [0.25, 0.3) is 11.0 Å². The lowest BCUT2D eigenvalue weighted by atomic mass is 10.2. The maximum atomic E-state index is 11.9. The third-order valence-electron chi connectivity index (χ3n) is 2.24. The first-order valence-electron chi connectivity index (χ1n) is 5.67. The van der Waals surface area contributed by atoms with Crippen LogP contribution in [0.1, 0.15) is 26.3 Å². The van der Waals surface area contributed by atoms with E-state index in [0.717, 1.165) is 4.68 Å². The van der Waals surface area contributed by atoms with Crippen LogP contribution in [-0.4, -0.2) is 38.1 Å². The van der Waals surface area contributed by atoms with Gasteiger partial charge in [-0.2, -0.15) is 0 Å². The van der Waals surface area contributed by atoms with Crippen molar-refractivity contribution in [3.8, 4) is 0 Å². The second-order valence-electron chi connectivity index (χ2n) is 4.97. The van der Waals surface area contributed by atoms with Gasteiger partial charge in [0.1, 0.15) is 16.6 Å². The van der Waals surface area contributed by atoms with E-state index in [1.165, 1.54) is 6.21 Å². The van der Waals surface area contributed by atoms with Gasteiger partial charge in [-0.1, -0.05) is 16.4 Å². The third kappa shape index (κ3) is 2.87. The molecular weight excluding hydrogens is 248 g/mol. The van der Waals surface area contributed by atoms with E-state index < -0.39 is 11.7 Å². The average Bonchev–Trinajstić information content (AvgIpc) is 2.70. The molecule has 0 saturated heterocycles. The Kier molecular flexibility index (Phi) is 3.20. The molecule has 2 rings (SSSR count). The largest absolute Gasteiger partial charge is 0.442 e. The second kappa shape index (κ2) is 4.68. The summed E-state index contributed by atoms with van der Waals surface area (Å²) >= 11 is 0. The summed E-state index contributed by atoms with van der Waals surface area (Å²) in [5.41, 5.74) is 1.11. The van der Waals surface area contributed by atoms with Gasteiger partial charge < -0.3 is 9.94 Å². The van der Waals surface area contributed by atoms with Crippen molar-refractivity contribution < 1.29 is 14.7 Å². The van der Waals surface area contributed by atoms with Gasteiger partial charge in [0, 0.05) is 0 Å². The molecule has 0 unspecified atom stereocenters. The summed E-state index contributed by atoms with van der Waals surface area (Å²) in [6.45, 7) is 5.33. The molecule has 0 atom stereocenters. The predicted octanol–water partition coefficient (Wildman–Crippen LogP) is 2.02. The molecule has 0 amide bonds. The lowest BCUT2D eigenvalue weighted by Crippen LogP contribution is -2.27. The number of rotatable bonds is 1. The summed E-state index contributed by atoms with van der Waals surface area (Å²) in [5.74, 6) is 0. The highest BCUT2D eigenvalue weighted by Crippen LogP contribution is 2.15. The molecule has 0 saturated carbocycles. The zero-order chi connectivity index (χ0) is 14.0. The highest BCUT2D eigenvalue weighted by atomic mass is 16.6. The number of fused-ring (bicyclic) bond motifs is 1. The van der Waals surface area contributed by atoms with Crippen molar-refractivity contribution in [1.82, 2.24) is 15.0 Å². The molecule has 0 bridgehead atoms. The molecule has 1 heterocycles. The Labute approximate surface area is 109 Å². The summed E-state index contributed by atoms with van der Waals surface area (Å²) in [4.78, 5) is 11.9. The molecule has 0 aliphatic rings. The van der Waals surface area contributed by atoms with Gasteiger partial charge in [-0.15, -0.1) is 9.78 Å². The van der Waals surface area contributed by atoms with E-state index in [9.17, 15) is 4.79 Å². The number of carbonyl (C=O) groups is 1. The van der Waals surface area contributed by atoms with Gasteiger partial charge in [-0.05, 0) is 38.5 Å². The molecule has 0 aliphatic heterocycles. The Morgan fingerprint density at radius 2 is 2.21 bits per heavy atom. The molecule has 7 heteroatoms. The average molecular weight is 262 g/mol. The molecule has 100 valence electrons. The minimum atomic E-state index is -0.598.